The summed E-state index contributed by atoms with van der Waals surface area (Å²) >= 11 is 0. The maximum atomic E-state index is 12.1. The molecule has 18 heavy (non-hydrogen) atoms. The summed E-state index contributed by atoms with van der Waals surface area (Å²) in [5.74, 6) is 0. The van der Waals surface area contributed by atoms with Crippen LogP contribution in [-0.2, 0) is 4.74 Å². The summed E-state index contributed by atoms with van der Waals surface area (Å²) < 4.78 is 41.2. The van der Waals surface area contributed by atoms with Gasteiger partial charge in [-0.3, -0.25) is 0 Å². The number of rotatable bonds is 7. The summed E-state index contributed by atoms with van der Waals surface area (Å²) in [6, 6.07) is 0. The fraction of sp³-hybridized carbons (Fsp3) is 1.00. The number of ether oxygens (including phenoxy) is 1. The number of hydrogen-bond acceptors (Lipinski definition) is 2. The zero-order valence-corrected chi connectivity index (χ0v) is 11.1. The first-order valence-corrected chi connectivity index (χ1v) is 6.83. The standard InChI is InChI=1S/C13H24F3NO/c1-2-8-17-9-12(6-4-3-5-7-12)10-18-11-13(14,15)16/h17H,2-11H2,1H3. The zero-order valence-electron chi connectivity index (χ0n) is 11.1. The van der Waals surface area contributed by atoms with E-state index in [0.29, 0.717) is 0 Å². The van der Waals surface area contributed by atoms with Gasteiger partial charge < -0.3 is 10.1 Å². The van der Waals surface area contributed by atoms with Crippen molar-refractivity contribution in [3.8, 4) is 0 Å². The van der Waals surface area contributed by atoms with E-state index in [2.05, 4.69) is 12.2 Å². The molecule has 1 rings (SSSR count). The fourth-order valence-corrected chi connectivity index (χ4v) is 2.59. The molecule has 1 aliphatic carbocycles. The molecule has 0 bridgehead atoms. The van der Waals surface area contributed by atoms with Crippen LogP contribution < -0.4 is 5.32 Å². The highest BCUT2D eigenvalue weighted by Crippen LogP contribution is 2.36. The molecule has 5 heteroatoms. The molecule has 0 aromatic heterocycles. The Morgan fingerprint density at radius 1 is 1.17 bits per heavy atom. The van der Waals surface area contributed by atoms with Gasteiger partial charge in [-0.05, 0) is 25.8 Å². The Balaban J connectivity index is 2.39. The van der Waals surface area contributed by atoms with Crippen LogP contribution >= 0.6 is 0 Å². The lowest BCUT2D eigenvalue weighted by atomic mass is 9.74. The first-order chi connectivity index (χ1) is 8.47. The van der Waals surface area contributed by atoms with Gasteiger partial charge >= 0.3 is 6.18 Å². The molecule has 0 atom stereocenters. The van der Waals surface area contributed by atoms with Crippen molar-refractivity contribution in [2.75, 3.05) is 26.3 Å². The largest absolute Gasteiger partial charge is 0.411 e. The van der Waals surface area contributed by atoms with Crippen LogP contribution in [-0.4, -0.2) is 32.5 Å². The lowest BCUT2D eigenvalue weighted by Crippen LogP contribution is -2.41. The van der Waals surface area contributed by atoms with Gasteiger partial charge in [0.05, 0.1) is 6.61 Å². The van der Waals surface area contributed by atoms with Crippen LogP contribution in [0.1, 0.15) is 45.4 Å². The van der Waals surface area contributed by atoms with E-state index in [9.17, 15) is 13.2 Å². The second-order valence-corrected chi connectivity index (χ2v) is 5.35. The molecule has 1 fully saturated rings. The average Bonchev–Trinajstić information content (AvgIpc) is 2.29. The molecule has 0 unspecified atom stereocenters. The van der Waals surface area contributed by atoms with Crippen LogP contribution in [0.5, 0.6) is 0 Å². The van der Waals surface area contributed by atoms with Gasteiger partial charge in [0, 0.05) is 12.0 Å². The summed E-state index contributed by atoms with van der Waals surface area (Å²) in [4.78, 5) is 0. The van der Waals surface area contributed by atoms with Gasteiger partial charge in [0.2, 0.25) is 0 Å². The maximum Gasteiger partial charge on any atom is 0.411 e. The van der Waals surface area contributed by atoms with Crippen LogP contribution in [0.2, 0.25) is 0 Å². The SMILES string of the molecule is CCCNCC1(COCC(F)(F)F)CCCCC1. The van der Waals surface area contributed by atoms with Crippen LogP contribution in [0.25, 0.3) is 0 Å². The van der Waals surface area contributed by atoms with Crippen molar-refractivity contribution in [3.05, 3.63) is 0 Å². The van der Waals surface area contributed by atoms with E-state index >= 15 is 0 Å². The molecule has 0 spiro atoms. The van der Waals surface area contributed by atoms with Crippen molar-refractivity contribution in [1.29, 1.82) is 0 Å². The highest BCUT2D eigenvalue weighted by atomic mass is 19.4. The van der Waals surface area contributed by atoms with Crippen LogP contribution in [0.15, 0.2) is 0 Å². The van der Waals surface area contributed by atoms with E-state index < -0.39 is 12.8 Å². The average molecular weight is 267 g/mol. The fourth-order valence-electron chi connectivity index (χ4n) is 2.59. The Morgan fingerprint density at radius 3 is 2.39 bits per heavy atom. The molecule has 0 aromatic rings. The van der Waals surface area contributed by atoms with Gasteiger partial charge in [0.1, 0.15) is 6.61 Å². The molecule has 0 amide bonds. The summed E-state index contributed by atoms with van der Waals surface area (Å²) in [5, 5.41) is 3.33. The number of halogens is 3. The Bertz CT molecular complexity index is 225. The van der Waals surface area contributed by atoms with Crippen LogP contribution in [0.4, 0.5) is 13.2 Å². The predicted octanol–water partition coefficient (Wildman–Crippen LogP) is 3.52. The van der Waals surface area contributed by atoms with Gasteiger partial charge in [-0.1, -0.05) is 26.2 Å². The van der Waals surface area contributed by atoms with Crippen molar-refractivity contribution in [1.82, 2.24) is 5.32 Å². The van der Waals surface area contributed by atoms with Crippen molar-refractivity contribution in [3.63, 3.8) is 0 Å². The van der Waals surface area contributed by atoms with Gasteiger partial charge in [0.25, 0.3) is 0 Å². The van der Waals surface area contributed by atoms with E-state index in [0.717, 1.165) is 45.2 Å². The second kappa shape index (κ2) is 7.34. The van der Waals surface area contributed by atoms with Gasteiger partial charge in [-0.25, -0.2) is 0 Å². The van der Waals surface area contributed by atoms with Crippen molar-refractivity contribution >= 4 is 0 Å². The second-order valence-electron chi connectivity index (χ2n) is 5.35. The minimum atomic E-state index is -4.22. The molecule has 0 heterocycles. The van der Waals surface area contributed by atoms with Crippen LogP contribution in [0, 0.1) is 5.41 Å². The maximum absolute atomic E-state index is 12.1. The minimum absolute atomic E-state index is 0.0847. The third-order valence-electron chi connectivity index (χ3n) is 3.51. The van der Waals surface area contributed by atoms with Gasteiger partial charge in [-0.2, -0.15) is 13.2 Å². The topological polar surface area (TPSA) is 21.3 Å². The third-order valence-corrected chi connectivity index (χ3v) is 3.51. The van der Waals surface area contributed by atoms with Crippen molar-refractivity contribution < 1.29 is 17.9 Å². The quantitative estimate of drug-likeness (QED) is 0.713. The lowest BCUT2D eigenvalue weighted by molar-refractivity contribution is -0.182. The van der Waals surface area contributed by atoms with Gasteiger partial charge in [-0.15, -0.1) is 0 Å². The lowest BCUT2D eigenvalue weighted by Gasteiger charge is -2.37. The Labute approximate surface area is 107 Å². The number of alkyl halides is 3. The molecular formula is C13H24F3NO. The molecule has 1 saturated carbocycles. The predicted molar refractivity (Wildman–Crippen MR) is 65.6 cm³/mol. The van der Waals surface area contributed by atoms with Crippen molar-refractivity contribution in [2.45, 2.75) is 51.6 Å². The molecule has 0 aliphatic heterocycles. The Hall–Kier alpha value is -0.290. The van der Waals surface area contributed by atoms with Gasteiger partial charge in [0.15, 0.2) is 0 Å². The summed E-state index contributed by atoms with van der Waals surface area (Å²) in [6.45, 7) is 2.88. The normalized spacial score (nSPS) is 20.0. The molecule has 0 aromatic carbocycles. The smallest absolute Gasteiger partial charge is 0.371 e. The Morgan fingerprint density at radius 2 is 1.83 bits per heavy atom. The molecule has 0 radical (unpaired) electrons. The first-order valence-electron chi connectivity index (χ1n) is 6.83. The van der Waals surface area contributed by atoms with E-state index in [1.807, 2.05) is 0 Å². The molecule has 2 nitrogen and oxygen atoms in total. The molecule has 1 N–H and O–H groups in total. The summed E-state index contributed by atoms with van der Waals surface area (Å²) in [7, 11) is 0. The Kier molecular flexibility index (Phi) is 6.43. The molecule has 1 aliphatic rings. The molecular weight excluding hydrogens is 243 g/mol. The summed E-state index contributed by atoms with van der Waals surface area (Å²) in [5.41, 5.74) is -0.0847. The van der Waals surface area contributed by atoms with E-state index in [4.69, 9.17) is 4.74 Å². The third kappa shape index (κ3) is 6.05. The monoisotopic (exact) mass is 267 g/mol. The number of hydrogen-bond donors (Lipinski definition) is 1. The van der Waals surface area contributed by atoms with Crippen LogP contribution in [0.3, 0.4) is 0 Å². The van der Waals surface area contributed by atoms with Crippen molar-refractivity contribution in [2.24, 2.45) is 5.41 Å². The highest BCUT2D eigenvalue weighted by molar-refractivity contribution is 4.85. The zero-order chi connectivity index (χ0) is 13.5. The van der Waals surface area contributed by atoms with E-state index in [1.54, 1.807) is 0 Å². The molecule has 108 valence electrons. The minimum Gasteiger partial charge on any atom is -0.371 e. The molecule has 0 saturated heterocycles. The number of nitrogens with one attached hydrogen (secondary N) is 1. The van der Waals surface area contributed by atoms with E-state index in [-0.39, 0.29) is 12.0 Å². The highest BCUT2D eigenvalue weighted by Gasteiger charge is 2.34. The van der Waals surface area contributed by atoms with E-state index in [1.165, 1.54) is 6.42 Å². The summed E-state index contributed by atoms with van der Waals surface area (Å²) in [6.07, 6.45) is 2.16. The first kappa shape index (κ1) is 15.8.